The molecule has 150 valence electrons. The molecule has 0 spiro atoms. The molecular formula is C17H18N2O9. The number of nitrogens with one attached hydrogen (secondary N) is 1. The highest BCUT2D eigenvalue weighted by Crippen LogP contribution is 2.40. The van der Waals surface area contributed by atoms with Crippen LogP contribution in [-0.4, -0.2) is 51.9 Å². The molecule has 0 amide bonds. The van der Waals surface area contributed by atoms with Gasteiger partial charge in [-0.15, -0.1) is 6.42 Å². The number of aromatic nitrogens is 2. The lowest BCUT2D eigenvalue weighted by Gasteiger charge is -2.28. The van der Waals surface area contributed by atoms with Crippen molar-refractivity contribution in [3.8, 4) is 12.3 Å². The number of nitrogens with zero attached hydrogens (tertiary/aromatic N) is 1. The first-order valence-electron chi connectivity index (χ1n) is 8.04. The number of terminal acetylenes is 1. The molecule has 11 nitrogen and oxygen atoms in total. The smallest absolute Gasteiger partial charge is 0.330 e. The van der Waals surface area contributed by atoms with Gasteiger partial charge in [0, 0.05) is 33.0 Å². The molecular weight excluding hydrogens is 376 g/mol. The Balaban J connectivity index is 2.60. The minimum absolute atomic E-state index is 0.539. The maximum Gasteiger partial charge on any atom is 0.330 e. The monoisotopic (exact) mass is 394 g/mol. The van der Waals surface area contributed by atoms with Crippen LogP contribution in [0, 0.1) is 12.3 Å². The fourth-order valence-corrected chi connectivity index (χ4v) is 2.74. The number of H-pyrrole nitrogens is 1. The molecule has 2 rings (SSSR count). The normalized spacial score (nSPS) is 26.1. The highest BCUT2D eigenvalue weighted by atomic mass is 16.7. The second-order valence-corrected chi connectivity index (χ2v) is 5.94. The van der Waals surface area contributed by atoms with Gasteiger partial charge in [0.15, 0.2) is 18.4 Å². The lowest BCUT2D eigenvalue weighted by molar-refractivity contribution is -0.169. The molecule has 28 heavy (non-hydrogen) atoms. The van der Waals surface area contributed by atoms with E-state index in [1.807, 2.05) is 4.98 Å². The van der Waals surface area contributed by atoms with Gasteiger partial charge in [-0.25, -0.2) is 4.79 Å². The van der Waals surface area contributed by atoms with Crippen LogP contribution < -0.4 is 11.2 Å². The van der Waals surface area contributed by atoms with Crippen LogP contribution in [0.1, 0.15) is 27.0 Å². The third-order valence-electron chi connectivity index (χ3n) is 3.82. The van der Waals surface area contributed by atoms with E-state index in [0.717, 1.165) is 37.6 Å². The van der Waals surface area contributed by atoms with Gasteiger partial charge in [0.25, 0.3) is 5.56 Å². The van der Waals surface area contributed by atoms with Crippen LogP contribution in [0.25, 0.3) is 0 Å². The third kappa shape index (κ3) is 4.29. The number of aromatic amines is 1. The molecule has 1 aromatic rings. The largest absolute Gasteiger partial charge is 0.462 e. The number of esters is 3. The fraction of sp³-hybridized carbons (Fsp3) is 0.471. The average Bonchev–Trinajstić information content (AvgIpc) is 2.86. The van der Waals surface area contributed by atoms with Gasteiger partial charge in [0.05, 0.1) is 0 Å². The van der Waals surface area contributed by atoms with E-state index in [-0.39, 0.29) is 0 Å². The molecule has 4 atom stereocenters. The summed E-state index contributed by atoms with van der Waals surface area (Å²) in [5, 5.41) is 0. The van der Waals surface area contributed by atoms with Crippen LogP contribution in [0.4, 0.5) is 0 Å². The van der Waals surface area contributed by atoms with E-state index in [4.69, 9.17) is 25.4 Å². The second kappa shape index (κ2) is 8.10. The van der Waals surface area contributed by atoms with Gasteiger partial charge in [-0.1, -0.05) is 5.92 Å². The lowest BCUT2D eigenvalue weighted by Crippen LogP contribution is -2.49. The van der Waals surface area contributed by atoms with Gasteiger partial charge in [-0.3, -0.25) is 28.7 Å². The van der Waals surface area contributed by atoms with E-state index in [1.54, 1.807) is 0 Å². The first-order chi connectivity index (χ1) is 13.1. The molecule has 1 N–H and O–H groups in total. The first kappa shape index (κ1) is 20.9. The molecule has 0 bridgehead atoms. The van der Waals surface area contributed by atoms with Crippen molar-refractivity contribution in [1.82, 2.24) is 9.55 Å². The van der Waals surface area contributed by atoms with Crippen molar-refractivity contribution < 1.29 is 33.3 Å². The molecule has 0 saturated carbocycles. The molecule has 1 aliphatic heterocycles. The Bertz CT molecular complexity index is 941. The predicted octanol–water partition coefficient (Wildman–Crippen LogP) is -1.14. The van der Waals surface area contributed by atoms with E-state index in [1.165, 1.54) is 0 Å². The molecule has 1 aliphatic rings. The summed E-state index contributed by atoms with van der Waals surface area (Å²) in [6.07, 6.45) is 2.54. The molecule has 1 unspecified atom stereocenters. The maximum absolute atomic E-state index is 12.2. The fourth-order valence-electron chi connectivity index (χ4n) is 2.74. The summed E-state index contributed by atoms with van der Waals surface area (Å²) >= 11 is 0. The quantitative estimate of drug-likeness (QED) is 0.372. The molecule has 2 heterocycles. The van der Waals surface area contributed by atoms with Gasteiger partial charge >= 0.3 is 23.6 Å². The molecule has 1 fully saturated rings. The van der Waals surface area contributed by atoms with Gasteiger partial charge in [-0.2, -0.15) is 0 Å². The van der Waals surface area contributed by atoms with Crippen LogP contribution in [0.15, 0.2) is 21.9 Å². The van der Waals surface area contributed by atoms with Gasteiger partial charge in [0.1, 0.15) is 6.61 Å². The Kier molecular flexibility index (Phi) is 6.05. The van der Waals surface area contributed by atoms with Crippen LogP contribution in [0.5, 0.6) is 0 Å². The van der Waals surface area contributed by atoms with E-state index >= 15 is 0 Å². The van der Waals surface area contributed by atoms with Crippen LogP contribution >= 0.6 is 0 Å². The van der Waals surface area contributed by atoms with Crippen LogP contribution in [0.2, 0.25) is 0 Å². The standard InChI is InChI=1S/C17H18N2O9/c1-5-17(8-25-9(2)20)14(27-11(4)22)13(26-10(3)21)15(28-17)19-7-6-12(23)18-16(19)24/h1,6-7,13-15H,8H2,2-4H3,(H,18,23,24)/t13?,14-,15-,17-/m1/s1. The Morgan fingerprint density at radius 1 is 1.21 bits per heavy atom. The predicted molar refractivity (Wildman–Crippen MR) is 90.7 cm³/mol. The maximum atomic E-state index is 12.2. The molecule has 11 heteroatoms. The van der Waals surface area contributed by atoms with Crippen molar-refractivity contribution in [2.45, 2.75) is 44.8 Å². The summed E-state index contributed by atoms with van der Waals surface area (Å²) in [6.45, 7) is 2.79. The van der Waals surface area contributed by atoms with Crippen molar-refractivity contribution in [2.24, 2.45) is 0 Å². The van der Waals surface area contributed by atoms with Crippen molar-refractivity contribution in [1.29, 1.82) is 0 Å². The highest BCUT2D eigenvalue weighted by Gasteiger charge is 2.60. The summed E-state index contributed by atoms with van der Waals surface area (Å²) in [6, 6.07) is 1.04. The SMILES string of the molecule is C#C[C@]1(COC(C)=O)O[C@@H](n2ccc(=O)[nH]c2=O)C(OC(C)=O)[C@H]1OC(C)=O. The van der Waals surface area contributed by atoms with E-state index in [0.29, 0.717) is 0 Å². The minimum atomic E-state index is -1.85. The lowest BCUT2D eigenvalue weighted by atomic mass is 9.96. The summed E-state index contributed by atoms with van der Waals surface area (Å²) in [4.78, 5) is 60.0. The zero-order valence-electron chi connectivity index (χ0n) is 15.3. The van der Waals surface area contributed by atoms with Crippen molar-refractivity contribution in [2.75, 3.05) is 6.61 Å². The Morgan fingerprint density at radius 2 is 1.86 bits per heavy atom. The number of carbonyl (C=O) groups excluding carboxylic acids is 3. The summed E-state index contributed by atoms with van der Waals surface area (Å²) in [7, 11) is 0. The van der Waals surface area contributed by atoms with Crippen LogP contribution in [-0.2, 0) is 33.3 Å². The third-order valence-corrected chi connectivity index (χ3v) is 3.82. The Morgan fingerprint density at radius 3 is 2.36 bits per heavy atom. The molecule has 0 radical (unpaired) electrons. The Labute approximate surface area is 158 Å². The van der Waals surface area contributed by atoms with E-state index in [2.05, 4.69) is 5.92 Å². The van der Waals surface area contributed by atoms with E-state index in [9.17, 15) is 24.0 Å². The number of rotatable bonds is 5. The molecule has 0 aromatic carbocycles. The van der Waals surface area contributed by atoms with Gasteiger partial charge in [-0.05, 0) is 0 Å². The highest BCUT2D eigenvalue weighted by molar-refractivity contribution is 5.68. The Hall–Kier alpha value is -3.39. The minimum Gasteiger partial charge on any atom is -0.462 e. The molecule has 1 aromatic heterocycles. The van der Waals surface area contributed by atoms with Gasteiger partial charge in [0.2, 0.25) is 5.60 Å². The van der Waals surface area contributed by atoms with Crippen LogP contribution in [0.3, 0.4) is 0 Å². The van der Waals surface area contributed by atoms with Crippen molar-refractivity contribution in [3.63, 3.8) is 0 Å². The molecule has 0 aliphatic carbocycles. The second-order valence-electron chi connectivity index (χ2n) is 5.94. The van der Waals surface area contributed by atoms with Crippen molar-refractivity contribution in [3.05, 3.63) is 33.1 Å². The van der Waals surface area contributed by atoms with Gasteiger partial charge < -0.3 is 18.9 Å². The molecule has 1 saturated heterocycles. The topological polar surface area (TPSA) is 143 Å². The number of hydrogen-bond donors (Lipinski definition) is 1. The summed E-state index contributed by atoms with van der Waals surface area (Å²) in [5.41, 5.74) is -3.39. The zero-order chi connectivity index (χ0) is 21.1. The van der Waals surface area contributed by atoms with Crippen molar-refractivity contribution >= 4 is 17.9 Å². The number of hydrogen-bond acceptors (Lipinski definition) is 9. The average molecular weight is 394 g/mol. The summed E-state index contributed by atoms with van der Waals surface area (Å²) < 4.78 is 22.0. The first-order valence-corrected chi connectivity index (χ1v) is 8.04. The number of ether oxygens (including phenoxy) is 4. The summed E-state index contributed by atoms with van der Waals surface area (Å²) in [5.74, 6) is 0.0350. The number of carbonyl (C=O) groups is 3. The van der Waals surface area contributed by atoms with E-state index < -0.39 is 59.8 Å². The zero-order valence-corrected chi connectivity index (χ0v) is 15.3.